The lowest BCUT2D eigenvalue weighted by molar-refractivity contribution is -0.159. The first kappa shape index (κ1) is 15.5. The van der Waals surface area contributed by atoms with Crippen LogP contribution >= 0.6 is 0 Å². The maximum absolute atomic E-state index is 12.4. The first-order valence-corrected chi connectivity index (χ1v) is 6.83. The average molecular weight is 327 g/mol. The van der Waals surface area contributed by atoms with E-state index in [1.165, 1.54) is 0 Å². The normalized spacial score (nSPS) is 18.7. The largest absolute Gasteiger partial charge is 0.471 e. The molecule has 1 fully saturated rings. The topological polar surface area (TPSA) is 77.2 Å². The van der Waals surface area contributed by atoms with Crippen molar-refractivity contribution in [3.05, 3.63) is 35.7 Å². The van der Waals surface area contributed by atoms with E-state index in [1.807, 2.05) is 0 Å². The van der Waals surface area contributed by atoms with Gasteiger partial charge in [-0.3, -0.25) is 4.79 Å². The van der Waals surface area contributed by atoms with Crippen LogP contribution in [-0.2, 0) is 22.1 Å². The van der Waals surface area contributed by atoms with Crippen LogP contribution in [0.3, 0.4) is 0 Å². The number of alkyl halides is 3. The minimum atomic E-state index is -4.67. The highest BCUT2D eigenvalue weighted by Gasteiger charge is 2.38. The third kappa shape index (κ3) is 3.50. The van der Waals surface area contributed by atoms with Gasteiger partial charge in [0.25, 0.3) is 0 Å². The van der Waals surface area contributed by atoms with Gasteiger partial charge in [-0.2, -0.15) is 18.2 Å². The van der Waals surface area contributed by atoms with Crippen LogP contribution in [0.5, 0.6) is 0 Å². The van der Waals surface area contributed by atoms with E-state index in [9.17, 15) is 18.0 Å². The Morgan fingerprint density at radius 2 is 2.00 bits per heavy atom. The summed E-state index contributed by atoms with van der Waals surface area (Å²) in [6, 6.07) is 6.51. The van der Waals surface area contributed by atoms with Crippen LogP contribution in [0.4, 0.5) is 13.2 Å². The average Bonchev–Trinajstić information content (AvgIpc) is 3.00. The van der Waals surface area contributed by atoms with Gasteiger partial charge in [0.2, 0.25) is 11.7 Å². The van der Waals surface area contributed by atoms with Gasteiger partial charge in [-0.1, -0.05) is 29.4 Å². The number of carbonyl (C=O) groups excluding carboxylic acids is 1. The Bertz CT molecular complexity index is 697. The van der Waals surface area contributed by atoms with Gasteiger partial charge >= 0.3 is 12.1 Å². The first-order valence-electron chi connectivity index (χ1n) is 6.83. The summed E-state index contributed by atoms with van der Waals surface area (Å²) >= 11 is 0. The molecule has 0 saturated carbocycles. The molecule has 1 amide bonds. The molecule has 0 radical (unpaired) electrons. The number of nitrogens with zero attached hydrogens (tertiary/aromatic N) is 2. The second-order valence-corrected chi connectivity index (χ2v) is 4.97. The van der Waals surface area contributed by atoms with Gasteiger partial charge in [-0.25, -0.2) is 0 Å². The summed E-state index contributed by atoms with van der Waals surface area (Å²) in [5.74, 6) is -1.70. The molecule has 1 aromatic heterocycles. The van der Waals surface area contributed by atoms with Gasteiger partial charge in [0.15, 0.2) is 0 Å². The highest BCUT2D eigenvalue weighted by Crippen LogP contribution is 2.29. The van der Waals surface area contributed by atoms with E-state index in [-0.39, 0.29) is 11.7 Å². The van der Waals surface area contributed by atoms with E-state index in [4.69, 9.17) is 4.74 Å². The monoisotopic (exact) mass is 327 g/mol. The van der Waals surface area contributed by atoms with Crippen LogP contribution in [0.15, 0.2) is 28.8 Å². The SMILES string of the molecule is O=C1NCCOC1Cc1ccc(-c2noc(C(F)(F)F)n2)cc1. The predicted molar refractivity (Wildman–Crippen MR) is 71.2 cm³/mol. The van der Waals surface area contributed by atoms with Gasteiger partial charge in [-0.05, 0) is 5.56 Å². The van der Waals surface area contributed by atoms with Crippen LogP contribution in [0, 0.1) is 0 Å². The standard InChI is InChI=1S/C14H12F3N3O3/c15-14(16,17)13-19-11(20-23-13)9-3-1-8(2-4-9)7-10-12(21)18-5-6-22-10/h1-4,10H,5-7H2,(H,18,21). The molecule has 0 bridgehead atoms. The Kier molecular flexibility index (Phi) is 4.03. The van der Waals surface area contributed by atoms with Gasteiger partial charge in [0.1, 0.15) is 6.10 Å². The molecule has 2 aromatic rings. The molecule has 1 atom stereocenters. The minimum absolute atomic E-state index is 0.143. The summed E-state index contributed by atoms with van der Waals surface area (Å²) in [4.78, 5) is 14.9. The number of benzene rings is 1. The lowest BCUT2D eigenvalue weighted by atomic mass is 10.0. The van der Waals surface area contributed by atoms with Gasteiger partial charge in [-0.15, -0.1) is 0 Å². The van der Waals surface area contributed by atoms with Crippen molar-refractivity contribution in [3.8, 4) is 11.4 Å². The minimum Gasteiger partial charge on any atom is -0.366 e. The summed E-state index contributed by atoms with van der Waals surface area (Å²) < 4.78 is 46.9. The Labute approximate surface area is 128 Å². The molecule has 2 heterocycles. The third-order valence-electron chi connectivity index (χ3n) is 3.31. The van der Waals surface area contributed by atoms with Crippen LogP contribution < -0.4 is 5.32 Å². The Balaban J connectivity index is 1.72. The maximum Gasteiger partial charge on any atom is 0.471 e. The van der Waals surface area contributed by atoms with Crippen molar-refractivity contribution in [1.82, 2.24) is 15.5 Å². The van der Waals surface area contributed by atoms with Crippen molar-refractivity contribution in [3.63, 3.8) is 0 Å². The highest BCUT2D eigenvalue weighted by atomic mass is 19.4. The molecule has 9 heteroatoms. The fourth-order valence-electron chi connectivity index (χ4n) is 2.18. The smallest absolute Gasteiger partial charge is 0.366 e. The number of carbonyl (C=O) groups is 1. The molecule has 6 nitrogen and oxygen atoms in total. The molecule has 0 spiro atoms. The number of hydrogen-bond donors (Lipinski definition) is 1. The van der Waals surface area contributed by atoms with Crippen molar-refractivity contribution in [2.24, 2.45) is 0 Å². The summed E-state index contributed by atoms with van der Waals surface area (Å²) in [6.07, 6.45) is -4.85. The number of ether oxygens (including phenoxy) is 1. The molecular weight excluding hydrogens is 315 g/mol. The fraction of sp³-hybridized carbons (Fsp3) is 0.357. The molecule has 1 unspecified atom stereocenters. The lowest BCUT2D eigenvalue weighted by Crippen LogP contribution is -2.45. The van der Waals surface area contributed by atoms with Crippen molar-refractivity contribution in [2.75, 3.05) is 13.2 Å². The van der Waals surface area contributed by atoms with E-state index in [2.05, 4.69) is 20.0 Å². The Morgan fingerprint density at radius 1 is 1.26 bits per heavy atom. The molecule has 1 N–H and O–H groups in total. The summed E-state index contributed by atoms with van der Waals surface area (Å²) in [5, 5.41) is 6.02. The second kappa shape index (κ2) is 5.99. The van der Waals surface area contributed by atoms with E-state index < -0.39 is 18.2 Å². The first-order chi connectivity index (χ1) is 10.9. The van der Waals surface area contributed by atoms with Crippen LogP contribution in [0.25, 0.3) is 11.4 Å². The molecule has 23 heavy (non-hydrogen) atoms. The highest BCUT2D eigenvalue weighted by molar-refractivity contribution is 5.81. The molecule has 3 rings (SSSR count). The number of halogens is 3. The summed E-state index contributed by atoms with van der Waals surface area (Å²) in [7, 11) is 0. The van der Waals surface area contributed by atoms with E-state index >= 15 is 0 Å². The molecule has 1 aliphatic heterocycles. The number of nitrogens with one attached hydrogen (secondary N) is 1. The zero-order valence-corrected chi connectivity index (χ0v) is 11.8. The molecule has 1 aliphatic rings. The second-order valence-electron chi connectivity index (χ2n) is 4.97. The number of hydrogen-bond acceptors (Lipinski definition) is 5. The van der Waals surface area contributed by atoms with Gasteiger partial charge in [0.05, 0.1) is 6.61 Å². The Hall–Kier alpha value is -2.42. The van der Waals surface area contributed by atoms with Crippen LogP contribution in [0.2, 0.25) is 0 Å². The van der Waals surface area contributed by atoms with Crippen LogP contribution in [-0.4, -0.2) is 35.3 Å². The van der Waals surface area contributed by atoms with E-state index in [1.54, 1.807) is 24.3 Å². The zero-order valence-electron chi connectivity index (χ0n) is 11.8. The number of morpholine rings is 1. The Morgan fingerprint density at radius 3 is 2.61 bits per heavy atom. The fourth-order valence-corrected chi connectivity index (χ4v) is 2.18. The molecule has 1 aromatic carbocycles. The van der Waals surface area contributed by atoms with Gasteiger partial charge < -0.3 is 14.6 Å². The van der Waals surface area contributed by atoms with E-state index in [0.29, 0.717) is 25.1 Å². The van der Waals surface area contributed by atoms with Gasteiger partial charge in [0, 0.05) is 18.5 Å². The number of amides is 1. The lowest BCUT2D eigenvalue weighted by Gasteiger charge is -2.22. The van der Waals surface area contributed by atoms with Crippen LogP contribution in [0.1, 0.15) is 11.5 Å². The summed E-state index contributed by atoms with van der Waals surface area (Å²) in [6.45, 7) is 0.950. The number of aromatic nitrogens is 2. The van der Waals surface area contributed by atoms with Crippen molar-refractivity contribution < 1.29 is 27.2 Å². The number of rotatable bonds is 3. The van der Waals surface area contributed by atoms with Crippen molar-refractivity contribution in [1.29, 1.82) is 0 Å². The summed E-state index contributed by atoms with van der Waals surface area (Å²) in [5.41, 5.74) is 1.21. The zero-order chi connectivity index (χ0) is 16.4. The molecule has 122 valence electrons. The molecule has 0 aliphatic carbocycles. The molecular formula is C14H12F3N3O3. The molecule has 1 saturated heterocycles. The quantitative estimate of drug-likeness (QED) is 0.930. The van der Waals surface area contributed by atoms with E-state index in [0.717, 1.165) is 5.56 Å². The maximum atomic E-state index is 12.4. The van der Waals surface area contributed by atoms with Crippen molar-refractivity contribution in [2.45, 2.75) is 18.7 Å². The van der Waals surface area contributed by atoms with Crippen molar-refractivity contribution >= 4 is 5.91 Å². The third-order valence-corrected chi connectivity index (χ3v) is 3.31. The predicted octanol–water partition coefficient (Wildman–Crippen LogP) is 1.81.